The molecule has 1 aliphatic heterocycles. The molecular weight excluding hydrogens is 482 g/mol. The molecule has 1 heterocycles. The molecule has 1 aliphatic rings. The molecule has 8 heteroatoms. The second-order valence-electron chi connectivity index (χ2n) is 10.3. The molecule has 6 N–H and O–H groups in total. The second-order valence-corrected chi connectivity index (χ2v) is 10.3. The predicted molar refractivity (Wildman–Crippen MR) is 153 cm³/mol. The quantitative estimate of drug-likeness (QED) is 0.262. The number of aliphatic hydroxyl groups excluding tert-OH is 1. The minimum absolute atomic E-state index is 0.0214. The van der Waals surface area contributed by atoms with Gasteiger partial charge in [0, 0.05) is 35.2 Å². The Balaban J connectivity index is 2.49. The third kappa shape index (κ3) is 8.80. The fraction of sp³-hybridized carbons (Fsp3) is 0.467. The van der Waals surface area contributed by atoms with Crippen LogP contribution in [0.2, 0.25) is 0 Å². The lowest BCUT2D eigenvalue weighted by Crippen LogP contribution is -2.29. The lowest BCUT2D eigenvalue weighted by molar-refractivity contribution is -0.112. The van der Waals surface area contributed by atoms with Gasteiger partial charge in [0.25, 0.3) is 5.91 Å². The van der Waals surface area contributed by atoms with E-state index in [-0.39, 0.29) is 29.4 Å². The topological polar surface area (TPSA) is 134 Å². The summed E-state index contributed by atoms with van der Waals surface area (Å²) in [5.41, 5.74) is 8.36. The van der Waals surface area contributed by atoms with Crippen LogP contribution in [-0.2, 0) is 16.0 Å². The van der Waals surface area contributed by atoms with Crippen molar-refractivity contribution < 1.29 is 24.5 Å². The molecule has 5 atom stereocenters. The first-order valence-corrected chi connectivity index (χ1v) is 13.1. The van der Waals surface area contributed by atoms with Crippen molar-refractivity contribution in [1.82, 2.24) is 0 Å². The molecular formula is C30H43N3O5. The number of ether oxygens (including phenoxy) is 1. The fourth-order valence-electron chi connectivity index (χ4n) is 4.59. The third-order valence-electron chi connectivity index (χ3n) is 6.90. The van der Waals surface area contributed by atoms with Gasteiger partial charge in [-0.25, -0.2) is 4.79 Å². The summed E-state index contributed by atoms with van der Waals surface area (Å²) in [5, 5.41) is 28.1. The average molecular weight is 526 g/mol. The molecule has 0 spiro atoms. The number of rotatable bonds is 4. The molecule has 208 valence electrons. The summed E-state index contributed by atoms with van der Waals surface area (Å²) in [6, 6.07) is 3.51. The number of nitrogens with one attached hydrogen (secondary N) is 2. The van der Waals surface area contributed by atoms with Crippen molar-refractivity contribution in [2.24, 2.45) is 23.5 Å². The number of phenols is 1. The Hall–Kier alpha value is -3.52. The number of amides is 2. The summed E-state index contributed by atoms with van der Waals surface area (Å²) < 4.78 is 5.40. The van der Waals surface area contributed by atoms with E-state index in [1.807, 2.05) is 39.0 Å². The molecule has 0 saturated heterocycles. The van der Waals surface area contributed by atoms with E-state index in [1.54, 1.807) is 31.2 Å². The normalized spacial score (nSPS) is 26.9. The molecule has 2 rings (SSSR count). The maximum absolute atomic E-state index is 12.9. The number of nitrogens with two attached hydrogens (primary N) is 1. The van der Waals surface area contributed by atoms with Crippen molar-refractivity contribution in [3.8, 4) is 5.75 Å². The Kier molecular flexibility index (Phi) is 11.7. The van der Waals surface area contributed by atoms with E-state index in [0.29, 0.717) is 36.2 Å². The number of carbonyl (C=O) groups is 2. The van der Waals surface area contributed by atoms with Crippen LogP contribution < -0.4 is 16.4 Å². The van der Waals surface area contributed by atoms with E-state index in [1.165, 1.54) is 0 Å². The van der Waals surface area contributed by atoms with Gasteiger partial charge in [0.05, 0.1) is 11.8 Å². The molecule has 0 radical (unpaired) electrons. The SMILES string of the molecule is C=CCNc1ccc2c(O)c1CC(C)CCC(O)C(C)C=C(C)C(OC(N)=O)C(C)C=C/C=C(\C)C(=O)N2. The van der Waals surface area contributed by atoms with Crippen molar-refractivity contribution in [3.63, 3.8) is 0 Å². The largest absolute Gasteiger partial charge is 0.505 e. The van der Waals surface area contributed by atoms with Gasteiger partial charge in [0.15, 0.2) is 0 Å². The van der Waals surface area contributed by atoms with E-state index in [0.717, 1.165) is 17.7 Å². The number of phenolic OH excluding ortho intramolecular Hbond substituents is 1. The van der Waals surface area contributed by atoms with Gasteiger partial charge in [-0.2, -0.15) is 0 Å². The number of fused-ring (bicyclic) bond motifs is 2. The molecule has 2 bridgehead atoms. The number of benzene rings is 1. The third-order valence-corrected chi connectivity index (χ3v) is 6.90. The molecule has 8 nitrogen and oxygen atoms in total. The Morgan fingerprint density at radius 1 is 1.24 bits per heavy atom. The number of carbonyl (C=O) groups excluding carboxylic acids is 2. The average Bonchev–Trinajstić information content (AvgIpc) is 2.86. The van der Waals surface area contributed by atoms with E-state index in [9.17, 15) is 19.8 Å². The molecule has 38 heavy (non-hydrogen) atoms. The highest BCUT2D eigenvalue weighted by atomic mass is 16.6. The van der Waals surface area contributed by atoms with Crippen LogP contribution in [0.5, 0.6) is 5.75 Å². The zero-order chi connectivity index (χ0) is 28.4. The number of allylic oxidation sites excluding steroid dienone is 2. The predicted octanol–water partition coefficient (Wildman–Crippen LogP) is 5.45. The number of hydrogen-bond acceptors (Lipinski definition) is 6. The molecule has 0 fully saturated rings. The standard InChI is InChI=1S/C30H43N3O5/c1-7-15-32-24-12-13-25-27(35)23(24)16-18(2)11-14-26(34)21(5)17-22(6)28(38-30(31)37)19(3)9-8-10-20(4)29(36)33-25/h7-10,12-13,17-19,21,26,28,32,34-35H,1,11,14-16H2,2-6H3,(H2,31,37)(H,33,36)/b9-8?,20-10+,22-17?. The summed E-state index contributed by atoms with van der Waals surface area (Å²) >= 11 is 0. The minimum Gasteiger partial charge on any atom is -0.505 e. The van der Waals surface area contributed by atoms with Crippen molar-refractivity contribution in [3.05, 3.63) is 65.8 Å². The van der Waals surface area contributed by atoms with Gasteiger partial charge >= 0.3 is 6.09 Å². The summed E-state index contributed by atoms with van der Waals surface area (Å²) in [7, 11) is 0. The van der Waals surface area contributed by atoms with E-state index < -0.39 is 18.3 Å². The van der Waals surface area contributed by atoms with Crippen LogP contribution in [0.1, 0.15) is 53.0 Å². The monoisotopic (exact) mass is 525 g/mol. The van der Waals surface area contributed by atoms with Crippen LogP contribution in [0.4, 0.5) is 16.2 Å². The van der Waals surface area contributed by atoms with Gasteiger partial charge in [-0.05, 0) is 56.7 Å². The van der Waals surface area contributed by atoms with Crippen molar-refractivity contribution in [2.45, 2.75) is 66.1 Å². The summed E-state index contributed by atoms with van der Waals surface area (Å²) in [6.45, 7) is 13.7. The molecule has 2 amide bonds. The van der Waals surface area contributed by atoms with E-state index in [4.69, 9.17) is 10.5 Å². The van der Waals surface area contributed by atoms with Crippen molar-refractivity contribution >= 4 is 23.4 Å². The number of aliphatic hydroxyl groups is 1. The van der Waals surface area contributed by atoms with Crippen LogP contribution in [-0.4, -0.2) is 41.0 Å². The lowest BCUT2D eigenvalue weighted by atomic mass is 9.89. The van der Waals surface area contributed by atoms with Crippen LogP contribution in [0.15, 0.2) is 60.2 Å². The van der Waals surface area contributed by atoms with Crippen LogP contribution in [0.3, 0.4) is 0 Å². The summed E-state index contributed by atoms with van der Waals surface area (Å²) in [6.07, 6.45) is 8.61. The first-order valence-electron chi connectivity index (χ1n) is 13.1. The first kappa shape index (κ1) is 30.7. The Morgan fingerprint density at radius 2 is 1.95 bits per heavy atom. The molecule has 0 aromatic heterocycles. The lowest BCUT2D eigenvalue weighted by Gasteiger charge is -2.25. The highest BCUT2D eigenvalue weighted by molar-refractivity contribution is 6.04. The molecule has 0 saturated carbocycles. The summed E-state index contributed by atoms with van der Waals surface area (Å²) in [5.74, 6) is -0.598. The molecule has 0 aliphatic carbocycles. The second kappa shape index (κ2) is 14.4. The van der Waals surface area contributed by atoms with Gasteiger partial charge in [0.2, 0.25) is 0 Å². The zero-order valence-corrected chi connectivity index (χ0v) is 23.2. The van der Waals surface area contributed by atoms with E-state index in [2.05, 4.69) is 24.1 Å². The van der Waals surface area contributed by atoms with Gasteiger partial charge in [-0.15, -0.1) is 6.58 Å². The summed E-state index contributed by atoms with van der Waals surface area (Å²) in [4.78, 5) is 24.5. The van der Waals surface area contributed by atoms with Crippen molar-refractivity contribution in [1.29, 1.82) is 0 Å². The minimum atomic E-state index is -0.877. The first-order chi connectivity index (χ1) is 17.9. The maximum atomic E-state index is 12.9. The number of hydrogen-bond donors (Lipinski definition) is 5. The van der Waals surface area contributed by atoms with Crippen LogP contribution in [0.25, 0.3) is 0 Å². The Bertz CT molecular complexity index is 1090. The van der Waals surface area contributed by atoms with Gasteiger partial charge < -0.3 is 31.3 Å². The van der Waals surface area contributed by atoms with Gasteiger partial charge in [-0.1, -0.05) is 51.2 Å². The smallest absolute Gasteiger partial charge is 0.405 e. The Labute approximate surface area is 226 Å². The highest BCUT2D eigenvalue weighted by Crippen LogP contribution is 2.36. The number of primary amides is 1. The van der Waals surface area contributed by atoms with Crippen LogP contribution in [0, 0.1) is 17.8 Å². The molecule has 5 unspecified atom stereocenters. The highest BCUT2D eigenvalue weighted by Gasteiger charge is 2.24. The van der Waals surface area contributed by atoms with Gasteiger partial charge in [-0.3, -0.25) is 4.79 Å². The van der Waals surface area contributed by atoms with E-state index >= 15 is 0 Å². The van der Waals surface area contributed by atoms with Gasteiger partial charge in [0.1, 0.15) is 11.9 Å². The molecule has 1 aromatic carbocycles. The number of anilines is 2. The van der Waals surface area contributed by atoms with Crippen molar-refractivity contribution in [2.75, 3.05) is 17.2 Å². The maximum Gasteiger partial charge on any atom is 0.405 e. The van der Waals surface area contributed by atoms with Crippen LogP contribution >= 0.6 is 0 Å². The number of aromatic hydroxyl groups is 1. The molecule has 1 aromatic rings. The zero-order valence-electron chi connectivity index (χ0n) is 23.2. The Morgan fingerprint density at radius 3 is 2.61 bits per heavy atom. The fourth-order valence-corrected chi connectivity index (χ4v) is 4.59.